The zero-order chi connectivity index (χ0) is 24.6. The van der Waals surface area contributed by atoms with Gasteiger partial charge in [-0.1, -0.05) is 0 Å². The average molecular weight is 479 g/mol. The highest BCUT2D eigenvalue weighted by Gasteiger charge is 2.38. The number of carbonyl (C=O) groups is 1. The molecule has 0 bridgehead atoms. The summed E-state index contributed by atoms with van der Waals surface area (Å²) in [6.45, 7) is 3.34. The van der Waals surface area contributed by atoms with Crippen LogP contribution < -0.4 is 10.9 Å². The Kier molecular flexibility index (Phi) is 6.03. The molecule has 2 N–H and O–H groups in total. The van der Waals surface area contributed by atoms with Gasteiger partial charge in [0.1, 0.15) is 11.6 Å². The highest BCUT2D eigenvalue weighted by molar-refractivity contribution is 5.97. The maximum Gasteiger partial charge on any atom is 0.261 e. The lowest BCUT2D eigenvalue weighted by molar-refractivity contribution is -0.00174. The fraction of sp³-hybridized carbons (Fsp3) is 0.440. The van der Waals surface area contributed by atoms with E-state index in [1.165, 1.54) is 4.90 Å². The second kappa shape index (κ2) is 9.15. The van der Waals surface area contributed by atoms with Gasteiger partial charge in [-0.2, -0.15) is 10.4 Å². The number of halogens is 1. The maximum absolute atomic E-state index is 13.6. The van der Waals surface area contributed by atoms with Crippen LogP contribution in [0.25, 0.3) is 10.9 Å². The minimum Gasteiger partial charge on any atom is -0.379 e. The van der Waals surface area contributed by atoms with Crippen LogP contribution in [0.15, 0.2) is 35.3 Å². The maximum atomic E-state index is 13.6. The number of ether oxygens (including phenoxy) is 1. The van der Waals surface area contributed by atoms with Gasteiger partial charge < -0.3 is 19.9 Å². The van der Waals surface area contributed by atoms with Crippen LogP contribution in [0.2, 0.25) is 0 Å². The first-order chi connectivity index (χ1) is 16.9. The number of likely N-dealkylation sites (tertiary alicyclic amines) is 1. The van der Waals surface area contributed by atoms with Crippen molar-refractivity contribution in [3.8, 4) is 6.07 Å². The van der Waals surface area contributed by atoms with E-state index in [0.717, 1.165) is 18.4 Å². The molecular formula is C25H27FN6O3. The van der Waals surface area contributed by atoms with Crippen LogP contribution in [0.1, 0.15) is 41.6 Å². The largest absolute Gasteiger partial charge is 0.379 e. The number of nitrogens with one attached hydrogen (secondary N) is 2. The monoisotopic (exact) mass is 478 g/mol. The third-order valence-electron chi connectivity index (χ3n) is 6.90. The molecule has 0 saturated carbocycles. The van der Waals surface area contributed by atoms with E-state index in [1.807, 2.05) is 13.0 Å². The summed E-state index contributed by atoms with van der Waals surface area (Å²) in [7, 11) is 0. The molecule has 1 aromatic carbocycles. The summed E-state index contributed by atoms with van der Waals surface area (Å²) in [5, 5.41) is 17.9. The predicted octanol–water partition coefficient (Wildman–Crippen LogP) is 3.38. The Morgan fingerprint density at radius 1 is 1.43 bits per heavy atom. The first-order valence-corrected chi connectivity index (χ1v) is 11.8. The molecule has 2 atom stereocenters. The summed E-state index contributed by atoms with van der Waals surface area (Å²) in [4.78, 5) is 29.9. The number of fused-ring (bicyclic) bond motifs is 1. The number of hydrogen-bond donors (Lipinski definition) is 2. The topological polar surface area (TPSA) is 116 Å². The predicted molar refractivity (Wildman–Crippen MR) is 128 cm³/mol. The highest BCUT2D eigenvalue weighted by Crippen LogP contribution is 2.35. The van der Waals surface area contributed by atoms with Gasteiger partial charge in [0.25, 0.3) is 11.5 Å². The van der Waals surface area contributed by atoms with Crippen LogP contribution in [0.5, 0.6) is 0 Å². The number of anilines is 2. The van der Waals surface area contributed by atoms with Crippen LogP contribution >= 0.6 is 0 Å². The van der Waals surface area contributed by atoms with E-state index in [1.54, 1.807) is 29.1 Å². The molecule has 5 rings (SSSR count). The number of benzene rings is 1. The van der Waals surface area contributed by atoms with E-state index in [2.05, 4.69) is 16.4 Å². The minimum atomic E-state index is -0.972. The molecule has 2 saturated heterocycles. The van der Waals surface area contributed by atoms with Crippen LogP contribution in [0.4, 0.5) is 15.9 Å². The number of aryl methyl sites for hydroxylation is 1. The summed E-state index contributed by atoms with van der Waals surface area (Å²) in [5.74, 6) is 0.180. The van der Waals surface area contributed by atoms with Gasteiger partial charge in [-0.15, -0.1) is 0 Å². The van der Waals surface area contributed by atoms with Crippen LogP contribution in [0, 0.1) is 18.3 Å². The second-order valence-corrected chi connectivity index (χ2v) is 9.33. The van der Waals surface area contributed by atoms with Crippen molar-refractivity contribution in [3.05, 3.63) is 51.9 Å². The Morgan fingerprint density at radius 3 is 2.97 bits per heavy atom. The number of nitriles is 1. The zero-order valence-electron chi connectivity index (χ0n) is 19.5. The lowest BCUT2D eigenvalue weighted by Crippen LogP contribution is -2.42. The Morgan fingerprint density at radius 2 is 2.29 bits per heavy atom. The minimum absolute atomic E-state index is 0.124. The van der Waals surface area contributed by atoms with Crippen molar-refractivity contribution < 1.29 is 13.9 Å². The molecule has 0 aliphatic carbocycles. The van der Waals surface area contributed by atoms with Crippen molar-refractivity contribution in [2.45, 2.75) is 44.3 Å². The Hall–Kier alpha value is -3.71. The molecule has 2 aliphatic rings. The van der Waals surface area contributed by atoms with Crippen LogP contribution in [-0.2, 0) is 10.3 Å². The SMILES string of the molecule is Cc1cc(Nc2nn(C3(CC#N)CCCOC3)c3cc[nH]c(=O)c23)ccc1C(=O)N1CCC(F)C1. The van der Waals surface area contributed by atoms with Gasteiger partial charge in [0, 0.05) is 30.6 Å². The number of nitrogens with zero attached hydrogens (tertiary/aromatic N) is 4. The lowest BCUT2D eigenvalue weighted by Gasteiger charge is -2.35. The molecule has 10 heteroatoms. The van der Waals surface area contributed by atoms with Crippen molar-refractivity contribution >= 4 is 28.3 Å². The van der Waals surface area contributed by atoms with Crippen molar-refractivity contribution in [2.75, 3.05) is 31.6 Å². The van der Waals surface area contributed by atoms with Crippen molar-refractivity contribution in [1.29, 1.82) is 5.26 Å². The third kappa shape index (κ3) is 4.17. The van der Waals surface area contributed by atoms with E-state index < -0.39 is 11.7 Å². The molecule has 4 heterocycles. The van der Waals surface area contributed by atoms with Crippen LogP contribution in [-0.4, -0.2) is 58.0 Å². The summed E-state index contributed by atoms with van der Waals surface area (Å²) in [5.41, 5.74) is 1.59. The number of amides is 1. The highest BCUT2D eigenvalue weighted by atomic mass is 19.1. The number of pyridine rings is 1. The molecule has 2 unspecified atom stereocenters. The molecule has 3 aromatic rings. The van der Waals surface area contributed by atoms with Gasteiger partial charge in [0.15, 0.2) is 5.82 Å². The van der Waals surface area contributed by atoms with E-state index in [-0.39, 0.29) is 24.4 Å². The van der Waals surface area contributed by atoms with Gasteiger partial charge in [0.2, 0.25) is 0 Å². The second-order valence-electron chi connectivity index (χ2n) is 9.33. The summed E-state index contributed by atoms with van der Waals surface area (Å²) in [6.07, 6.45) is 2.69. The quantitative estimate of drug-likeness (QED) is 0.581. The van der Waals surface area contributed by atoms with Crippen molar-refractivity contribution in [3.63, 3.8) is 0 Å². The molecule has 0 radical (unpaired) electrons. The molecule has 2 fully saturated rings. The molecule has 35 heavy (non-hydrogen) atoms. The number of alkyl halides is 1. The molecule has 9 nitrogen and oxygen atoms in total. The standard InChI is InChI=1S/C25H27FN6O3/c1-16-13-18(3-4-19(16)24(34)31-11-6-17(26)14-31)29-22-21-20(5-10-28-23(21)33)32(30-22)25(8-9-27)7-2-12-35-15-25/h3-5,10,13,17H,2,6-8,11-12,14-15H2,1H3,(H,28,33)(H,29,30). The summed E-state index contributed by atoms with van der Waals surface area (Å²) < 4.78 is 21.0. The third-order valence-corrected chi connectivity index (χ3v) is 6.90. The molecular weight excluding hydrogens is 451 g/mol. The Bertz CT molecular complexity index is 1370. The molecule has 182 valence electrons. The van der Waals surface area contributed by atoms with E-state index in [4.69, 9.17) is 9.84 Å². The number of carbonyl (C=O) groups excluding carboxylic acids is 1. The molecule has 1 amide bonds. The summed E-state index contributed by atoms with van der Waals surface area (Å²) >= 11 is 0. The van der Waals surface area contributed by atoms with E-state index >= 15 is 0 Å². The van der Waals surface area contributed by atoms with Gasteiger partial charge in [-0.05, 0) is 56.0 Å². The van der Waals surface area contributed by atoms with E-state index in [0.29, 0.717) is 54.2 Å². The molecule has 2 aromatic heterocycles. The van der Waals surface area contributed by atoms with Crippen LogP contribution in [0.3, 0.4) is 0 Å². The number of H-pyrrole nitrogens is 1. The first kappa shape index (κ1) is 23.1. The van der Waals surface area contributed by atoms with Gasteiger partial charge >= 0.3 is 0 Å². The number of aromatic amines is 1. The van der Waals surface area contributed by atoms with Gasteiger partial charge in [-0.3, -0.25) is 14.3 Å². The number of aromatic nitrogens is 3. The Labute approximate surface area is 201 Å². The van der Waals surface area contributed by atoms with Gasteiger partial charge in [0.05, 0.1) is 36.7 Å². The van der Waals surface area contributed by atoms with E-state index in [9.17, 15) is 19.2 Å². The lowest BCUT2D eigenvalue weighted by atomic mass is 9.89. The van der Waals surface area contributed by atoms with Crippen molar-refractivity contribution in [1.82, 2.24) is 19.7 Å². The van der Waals surface area contributed by atoms with Gasteiger partial charge in [-0.25, -0.2) is 4.39 Å². The molecule has 0 spiro atoms. The Balaban J connectivity index is 1.50. The summed E-state index contributed by atoms with van der Waals surface area (Å²) in [6, 6.07) is 9.31. The van der Waals surface area contributed by atoms with Crippen molar-refractivity contribution in [2.24, 2.45) is 0 Å². The average Bonchev–Trinajstić information content (AvgIpc) is 3.44. The fourth-order valence-electron chi connectivity index (χ4n) is 5.08. The number of hydrogen-bond acceptors (Lipinski definition) is 6. The fourth-order valence-corrected chi connectivity index (χ4v) is 5.08. The smallest absolute Gasteiger partial charge is 0.261 e. The number of rotatable bonds is 5. The zero-order valence-corrected chi connectivity index (χ0v) is 19.5. The molecule has 2 aliphatic heterocycles. The first-order valence-electron chi connectivity index (χ1n) is 11.8. The normalized spacial score (nSPS) is 22.3.